The Labute approximate surface area is 360 Å². The molecule has 288 valence electrons. The molecule has 6 heteroatoms. The van der Waals surface area contributed by atoms with Crippen molar-refractivity contribution < 1.29 is 4.42 Å². The predicted octanol–water partition coefficient (Wildman–Crippen LogP) is 15.2. The fraction of sp³-hybridized carbons (Fsp3) is 0. The lowest BCUT2D eigenvalue weighted by Crippen LogP contribution is -2.00. The zero-order valence-corrected chi connectivity index (χ0v) is 33.9. The molecule has 0 atom stereocenters. The second-order valence-electron chi connectivity index (χ2n) is 15.5. The van der Waals surface area contributed by atoms with E-state index in [0.717, 1.165) is 49.8 Å². The van der Waals surface area contributed by atoms with Gasteiger partial charge in [0.05, 0.1) is 11.6 Å². The lowest BCUT2D eigenvalue weighted by atomic mass is 9.94. The Bertz CT molecular complexity index is 3770. The van der Waals surface area contributed by atoms with Gasteiger partial charge in [0.25, 0.3) is 0 Å². The molecule has 0 saturated heterocycles. The zero-order chi connectivity index (χ0) is 41.1. The van der Waals surface area contributed by atoms with Crippen molar-refractivity contribution in [3.05, 3.63) is 200 Å². The van der Waals surface area contributed by atoms with Crippen molar-refractivity contribution in [2.45, 2.75) is 0 Å². The Hall–Kier alpha value is -8.24. The third-order valence-corrected chi connectivity index (χ3v) is 13.0. The molecule has 9 aromatic carbocycles. The largest absolute Gasteiger partial charge is 0.455 e. The molecule has 62 heavy (non-hydrogen) atoms. The minimum atomic E-state index is 0.558. The zero-order valence-electron chi connectivity index (χ0n) is 33.1. The van der Waals surface area contributed by atoms with Gasteiger partial charge in [-0.25, -0.2) is 15.0 Å². The van der Waals surface area contributed by atoms with E-state index in [1.807, 2.05) is 72.8 Å². The van der Waals surface area contributed by atoms with Gasteiger partial charge >= 0.3 is 0 Å². The second-order valence-corrected chi connectivity index (χ2v) is 16.5. The molecule has 0 unspecified atom stereocenters. The van der Waals surface area contributed by atoms with E-state index in [2.05, 4.69) is 127 Å². The van der Waals surface area contributed by atoms with E-state index in [4.69, 9.17) is 19.4 Å². The van der Waals surface area contributed by atoms with Crippen LogP contribution in [0.15, 0.2) is 199 Å². The smallest absolute Gasteiger partial charge is 0.164 e. The average Bonchev–Trinajstić information content (AvgIpc) is 3.92. The van der Waals surface area contributed by atoms with Crippen molar-refractivity contribution in [1.29, 1.82) is 5.26 Å². The Morgan fingerprint density at radius 1 is 0.403 bits per heavy atom. The molecule has 3 aromatic heterocycles. The first kappa shape index (κ1) is 35.7. The van der Waals surface area contributed by atoms with Crippen LogP contribution in [-0.2, 0) is 0 Å². The number of nitrogens with zero attached hydrogens (tertiary/aromatic N) is 4. The summed E-state index contributed by atoms with van der Waals surface area (Å²) in [6.07, 6.45) is 0. The maximum absolute atomic E-state index is 9.56. The van der Waals surface area contributed by atoms with Crippen molar-refractivity contribution in [3.63, 3.8) is 0 Å². The quantitative estimate of drug-likeness (QED) is 0.167. The van der Waals surface area contributed by atoms with Gasteiger partial charge in [0.15, 0.2) is 17.5 Å². The van der Waals surface area contributed by atoms with Gasteiger partial charge in [-0.15, -0.1) is 11.3 Å². The fourth-order valence-electron chi connectivity index (χ4n) is 8.75. The summed E-state index contributed by atoms with van der Waals surface area (Å²) >= 11 is 1.80. The highest BCUT2D eigenvalue weighted by Gasteiger charge is 2.18. The molecule has 0 bridgehead atoms. The van der Waals surface area contributed by atoms with E-state index in [1.165, 1.54) is 53.2 Å². The maximum atomic E-state index is 9.56. The lowest BCUT2D eigenvalue weighted by Gasteiger charge is -2.10. The van der Waals surface area contributed by atoms with E-state index in [0.29, 0.717) is 23.0 Å². The van der Waals surface area contributed by atoms with Crippen LogP contribution in [0, 0.1) is 11.3 Å². The second kappa shape index (κ2) is 14.5. The fourth-order valence-corrected chi connectivity index (χ4v) is 10.0. The molecule has 12 aromatic rings. The topological polar surface area (TPSA) is 75.6 Å². The third-order valence-electron chi connectivity index (χ3n) is 11.8. The molecular formula is C56H32N4OS. The number of nitriles is 1. The molecule has 0 aliphatic heterocycles. The van der Waals surface area contributed by atoms with Gasteiger partial charge in [-0.3, -0.25) is 0 Å². The Morgan fingerprint density at radius 3 is 1.81 bits per heavy atom. The van der Waals surface area contributed by atoms with Gasteiger partial charge in [-0.2, -0.15) is 5.26 Å². The number of furan rings is 1. The molecule has 0 amide bonds. The number of thiophene rings is 1. The lowest BCUT2D eigenvalue weighted by molar-refractivity contribution is 0.670. The summed E-state index contributed by atoms with van der Waals surface area (Å²) in [6.45, 7) is 0. The van der Waals surface area contributed by atoms with Crippen LogP contribution in [0.3, 0.4) is 0 Å². The summed E-state index contributed by atoms with van der Waals surface area (Å²) in [5.41, 5.74) is 11.5. The Morgan fingerprint density at radius 2 is 1.02 bits per heavy atom. The normalized spacial score (nSPS) is 11.5. The molecule has 5 nitrogen and oxygen atoms in total. The molecule has 12 rings (SSSR count). The monoisotopic (exact) mass is 808 g/mol. The van der Waals surface area contributed by atoms with Gasteiger partial charge in [0.1, 0.15) is 11.2 Å². The van der Waals surface area contributed by atoms with Gasteiger partial charge in [-0.05, 0) is 75.0 Å². The van der Waals surface area contributed by atoms with E-state index in [1.54, 1.807) is 11.3 Å². The molecular weight excluding hydrogens is 777 g/mol. The molecule has 3 heterocycles. The number of hydrogen-bond donors (Lipinski definition) is 0. The highest BCUT2D eigenvalue weighted by atomic mass is 32.1. The molecule has 0 spiro atoms. The molecule has 0 fully saturated rings. The number of para-hydroxylation sites is 1. The number of rotatable bonds is 6. The average molecular weight is 809 g/mol. The highest BCUT2D eigenvalue weighted by Crippen LogP contribution is 2.43. The number of hydrogen-bond acceptors (Lipinski definition) is 6. The third kappa shape index (κ3) is 6.03. The Balaban J connectivity index is 0.972. The molecule has 0 saturated carbocycles. The van der Waals surface area contributed by atoms with Crippen LogP contribution in [0.4, 0.5) is 0 Å². The standard InChI is InChI=1S/C56H32N4OS/c57-33-34-11-7-17-38(29-34)43-19-9-21-47-45-27-25-40(31-50(45)61-52(43)47)55-58-54(37-14-5-2-6-15-37)59-56(60-55)41-26-28-46-48-22-10-20-44(53(48)62-51(46)32-41)39-24-23-36-16-8-18-42(49(36)30-39)35-12-3-1-4-13-35/h1-32H. The van der Waals surface area contributed by atoms with Gasteiger partial charge in [-0.1, -0.05) is 158 Å². The van der Waals surface area contributed by atoms with Crippen LogP contribution >= 0.6 is 11.3 Å². The summed E-state index contributed by atoms with van der Waals surface area (Å²) < 4.78 is 9.03. The van der Waals surface area contributed by atoms with E-state index < -0.39 is 0 Å². The van der Waals surface area contributed by atoms with Crippen LogP contribution < -0.4 is 0 Å². The van der Waals surface area contributed by atoms with Gasteiger partial charge < -0.3 is 4.42 Å². The summed E-state index contributed by atoms with van der Waals surface area (Å²) in [5.74, 6) is 1.75. The predicted molar refractivity (Wildman–Crippen MR) is 255 cm³/mol. The van der Waals surface area contributed by atoms with Gasteiger partial charge in [0.2, 0.25) is 0 Å². The summed E-state index contributed by atoms with van der Waals surface area (Å²) in [7, 11) is 0. The number of benzene rings is 9. The maximum Gasteiger partial charge on any atom is 0.164 e. The molecule has 0 N–H and O–H groups in total. The minimum absolute atomic E-state index is 0.558. The van der Waals surface area contributed by atoms with Crippen molar-refractivity contribution in [2.75, 3.05) is 0 Å². The minimum Gasteiger partial charge on any atom is -0.455 e. The van der Waals surface area contributed by atoms with Crippen molar-refractivity contribution in [2.24, 2.45) is 0 Å². The van der Waals surface area contributed by atoms with E-state index in [-0.39, 0.29) is 0 Å². The van der Waals surface area contributed by atoms with Crippen LogP contribution in [-0.4, -0.2) is 15.0 Å². The first-order valence-corrected chi connectivity index (χ1v) is 21.3. The van der Waals surface area contributed by atoms with E-state index in [9.17, 15) is 5.26 Å². The Kier molecular flexibility index (Phi) is 8.34. The molecule has 0 radical (unpaired) electrons. The van der Waals surface area contributed by atoms with Crippen LogP contribution in [0.25, 0.3) is 120 Å². The summed E-state index contributed by atoms with van der Waals surface area (Å²) in [5, 5.41) is 16.5. The van der Waals surface area contributed by atoms with Crippen molar-refractivity contribution in [1.82, 2.24) is 15.0 Å². The SMILES string of the molecule is N#Cc1cccc(-c2cccc3c2oc2cc(-c4nc(-c5ccccc5)nc(-c5ccc6c(c5)sc5c(-c7ccc8cccc(-c9ccccc9)c8c7)cccc56)n4)ccc23)c1. The number of fused-ring (bicyclic) bond motifs is 7. The highest BCUT2D eigenvalue weighted by molar-refractivity contribution is 7.26. The molecule has 0 aliphatic carbocycles. The van der Waals surface area contributed by atoms with Crippen molar-refractivity contribution >= 4 is 64.2 Å². The molecule has 0 aliphatic rings. The summed E-state index contributed by atoms with van der Waals surface area (Å²) in [4.78, 5) is 15.3. The number of aromatic nitrogens is 3. The van der Waals surface area contributed by atoms with Crippen LogP contribution in [0.2, 0.25) is 0 Å². The first-order valence-electron chi connectivity index (χ1n) is 20.5. The van der Waals surface area contributed by atoms with Crippen LogP contribution in [0.1, 0.15) is 5.56 Å². The van der Waals surface area contributed by atoms with Gasteiger partial charge in [0, 0.05) is 53.2 Å². The van der Waals surface area contributed by atoms with E-state index >= 15 is 0 Å². The summed E-state index contributed by atoms with van der Waals surface area (Å²) in [6, 6.07) is 69.4. The first-order chi connectivity index (χ1) is 30.6. The van der Waals surface area contributed by atoms with Crippen LogP contribution in [0.5, 0.6) is 0 Å². The van der Waals surface area contributed by atoms with Crippen molar-refractivity contribution in [3.8, 4) is 73.6 Å².